The second-order valence-corrected chi connectivity index (χ2v) is 5.25. The van der Waals surface area contributed by atoms with Crippen molar-refractivity contribution in [3.8, 4) is 0 Å². The van der Waals surface area contributed by atoms with Crippen molar-refractivity contribution in [2.45, 2.75) is 25.4 Å². The lowest BCUT2D eigenvalue weighted by molar-refractivity contribution is 0.223. The number of likely N-dealkylation sites (tertiary alicyclic amines) is 1. The molecule has 2 heterocycles. The third kappa shape index (κ3) is 3.46. The first kappa shape index (κ1) is 11.4. The van der Waals surface area contributed by atoms with Crippen molar-refractivity contribution in [2.24, 2.45) is 0 Å². The van der Waals surface area contributed by atoms with Gasteiger partial charge in [-0.3, -0.25) is 0 Å². The third-order valence-corrected chi connectivity index (χ3v) is 3.40. The molecule has 1 atom stereocenters. The van der Waals surface area contributed by atoms with Crippen LogP contribution in [0.4, 0.5) is 0 Å². The van der Waals surface area contributed by atoms with Crippen molar-refractivity contribution < 1.29 is 4.42 Å². The number of hydrogen-bond acceptors (Lipinski definition) is 3. The van der Waals surface area contributed by atoms with E-state index in [0.717, 1.165) is 22.6 Å². The smallest absolute Gasteiger partial charge is 0.164 e. The van der Waals surface area contributed by atoms with Crippen molar-refractivity contribution >= 4 is 22.6 Å². The maximum absolute atomic E-state index is 5.51. The van der Waals surface area contributed by atoms with Gasteiger partial charge >= 0.3 is 0 Å². The number of nitrogens with zero attached hydrogens (tertiary/aromatic N) is 1. The van der Waals surface area contributed by atoms with Crippen molar-refractivity contribution in [2.75, 3.05) is 20.1 Å². The molecule has 1 aromatic heterocycles. The van der Waals surface area contributed by atoms with E-state index in [0.29, 0.717) is 6.04 Å². The standard InChI is InChI=1S/C11H17IN2O/c1-14-6-2-3-9(8-14)13-7-10-4-5-11(12)15-10/h4-5,9,13H,2-3,6-8H2,1H3. The summed E-state index contributed by atoms with van der Waals surface area (Å²) in [7, 11) is 2.18. The maximum Gasteiger partial charge on any atom is 0.164 e. The molecule has 0 saturated carbocycles. The Bertz CT molecular complexity index is 313. The Hall–Kier alpha value is -0.0700. The quantitative estimate of drug-likeness (QED) is 0.865. The average molecular weight is 320 g/mol. The summed E-state index contributed by atoms with van der Waals surface area (Å²) >= 11 is 2.20. The third-order valence-electron chi connectivity index (χ3n) is 2.82. The van der Waals surface area contributed by atoms with Gasteiger partial charge in [0, 0.05) is 12.6 Å². The molecule has 1 aliphatic heterocycles. The summed E-state index contributed by atoms with van der Waals surface area (Å²) in [6, 6.07) is 4.66. The predicted octanol–water partition coefficient (Wildman–Crippen LogP) is 2.07. The molecule has 3 nitrogen and oxygen atoms in total. The van der Waals surface area contributed by atoms with Crippen LogP contribution in [-0.2, 0) is 6.54 Å². The molecular formula is C11H17IN2O. The van der Waals surface area contributed by atoms with Crippen molar-refractivity contribution in [1.29, 1.82) is 0 Å². The fourth-order valence-corrected chi connectivity index (χ4v) is 2.49. The highest BCUT2D eigenvalue weighted by Crippen LogP contribution is 2.12. The Labute approximate surface area is 104 Å². The van der Waals surface area contributed by atoms with Gasteiger partial charge in [0.1, 0.15) is 5.76 Å². The Balaban J connectivity index is 1.77. The summed E-state index contributed by atoms with van der Waals surface area (Å²) in [6.45, 7) is 3.23. The highest BCUT2D eigenvalue weighted by molar-refractivity contribution is 14.1. The molecule has 1 aliphatic rings. The highest BCUT2D eigenvalue weighted by Gasteiger charge is 2.16. The molecule has 0 radical (unpaired) electrons. The van der Waals surface area contributed by atoms with Crippen molar-refractivity contribution in [3.63, 3.8) is 0 Å². The summed E-state index contributed by atoms with van der Waals surface area (Å²) < 4.78 is 6.48. The van der Waals surface area contributed by atoms with E-state index in [1.54, 1.807) is 0 Å². The van der Waals surface area contributed by atoms with E-state index in [-0.39, 0.29) is 0 Å². The van der Waals surface area contributed by atoms with Crippen LogP contribution < -0.4 is 5.32 Å². The second kappa shape index (κ2) is 5.32. The van der Waals surface area contributed by atoms with Gasteiger partial charge in [-0.1, -0.05) is 0 Å². The Morgan fingerprint density at radius 2 is 2.47 bits per heavy atom. The molecule has 1 fully saturated rings. The molecule has 1 aromatic rings. The molecule has 15 heavy (non-hydrogen) atoms. The molecular weight excluding hydrogens is 303 g/mol. The first-order valence-corrected chi connectivity index (χ1v) is 6.48. The number of nitrogens with one attached hydrogen (secondary N) is 1. The Morgan fingerprint density at radius 3 is 3.13 bits per heavy atom. The molecule has 0 bridgehead atoms. The van der Waals surface area contributed by atoms with Crippen LogP contribution in [0, 0.1) is 3.77 Å². The van der Waals surface area contributed by atoms with Gasteiger partial charge in [0.2, 0.25) is 0 Å². The zero-order valence-electron chi connectivity index (χ0n) is 9.00. The summed E-state index contributed by atoms with van der Waals surface area (Å²) in [4.78, 5) is 2.38. The van der Waals surface area contributed by atoms with Crippen LogP contribution in [0.5, 0.6) is 0 Å². The molecule has 1 unspecified atom stereocenters. The maximum atomic E-state index is 5.51. The minimum atomic E-state index is 0.617. The fraction of sp³-hybridized carbons (Fsp3) is 0.636. The van der Waals surface area contributed by atoms with Crippen molar-refractivity contribution in [1.82, 2.24) is 10.2 Å². The molecule has 4 heteroatoms. The van der Waals surface area contributed by atoms with Gasteiger partial charge in [-0.15, -0.1) is 0 Å². The molecule has 1 saturated heterocycles. The number of hydrogen-bond donors (Lipinski definition) is 1. The van der Waals surface area contributed by atoms with Crippen LogP contribution in [0.1, 0.15) is 18.6 Å². The Morgan fingerprint density at radius 1 is 1.60 bits per heavy atom. The van der Waals surface area contributed by atoms with E-state index < -0.39 is 0 Å². The lowest BCUT2D eigenvalue weighted by Crippen LogP contribution is -2.43. The van der Waals surface area contributed by atoms with Crippen LogP contribution in [0.15, 0.2) is 16.5 Å². The number of likely N-dealkylation sites (N-methyl/N-ethyl adjacent to an activating group) is 1. The molecule has 0 aliphatic carbocycles. The number of rotatable bonds is 3. The van der Waals surface area contributed by atoms with Crippen LogP contribution in [0.3, 0.4) is 0 Å². The average Bonchev–Trinajstić information content (AvgIpc) is 2.62. The lowest BCUT2D eigenvalue weighted by atomic mass is 10.1. The summed E-state index contributed by atoms with van der Waals surface area (Å²) in [5.74, 6) is 1.03. The van der Waals surface area contributed by atoms with Crippen LogP contribution in [-0.4, -0.2) is 31.1 Å². The second-order valence-electron chi connectivity index (χ2n) is 4.19. The minimum absolute atomic E-state index is 0.617. The molecule has 1 N–H and O–H groups in total. The topological polar surface area (TPSA) is 28.4 Å². The van der Waals surface area contributed by atoms with E-state index in [9.17, 15) is 0 Å². The predicted molar refractivity (Wildman–Crippen MR) is 68.8 cm³/mol. The molecule has 0 aromatic carbocycles. The van der Waals surface area contributed by atoms with E-state index in [4.69, 9.17) is 4.42 Å². The molecule has 2 rings (SSSR count). The normalized spacial score (nSPS) is 23.2. The largest absolute Gasteiger partial charge is 0.454 e. The molecule has 0 amide bonds. The van der Waals surface area contributed by atoms with E-state index >= 15 is 0 Å². The van der Waals surface area contributed by atoms with E-state index in [1.807, 2.05) is 12.1 Å². The lowest BCUT2D eigenvalue weighted by Gasteiger charge is -2.30. The zero-order valence-corrected chi connectivity index (χ0v) is 11.2. The van der Waals surface area contributed by atoms with Crippen LogP contribution in [0.2, 0.25) is 0 Å². The monoisotopic (exact) mass is 320 g/mol. The van der Waals surface area contributed by atoms with Gasteiger partial charge in [0.05, 0.1) is 6.54 Å². The number of halogens is 1. The van der Waals surface area contributed by atoms with Gasteiger partial charge in [0.25, 0.3) is 0 Å². The van der Waals surface area contributed by atoms with Gasteiger partial charge in [-0.2, -0.15) is 0 Å². The molecule has 84 valence electrons. The SMILES string of the molecule is CN1CCCC(NCc2ccc(I)o2)C1. The fourth-order valence-electron chi connectivity index (χ4n) is 2.02. The highest BCUT2D eigenvalue weighted by atomic mass is 127. The zero-order chi connectivity index (χ0) is 10.7. The van der Waals surface area contributed by atoms with Crippen molar-refractivity contribution in [3.05, 3.63) is 21.7 Å². The van der Waals surface area contributed by atoms with Gasteiger partial charge in [-0.05, 0) is 61.2 Å². The first-order chi connectivity index (χ1) is 7.24. The van der Waals surface area contributed by atoms with Gasteiger partial charge < -0.3 is 14.6 Å². The van der Waals surface area contributed by atoms with E-state index in [2.05, 4.69) is 39.9 Å². The molecule has 0 spiro atoms. The number of piperidine rings is 1. The van der Waals surface area contributed by atoms with Gasteiger partial charge in [0.15, 0.2) is 3.77 Å². The van der Waals surface area contributed by atoms with Gasteiger partial charge in [-0.25, -0.2) is 0 Å². The first-order valence-electron chi connectivity index (χ1n) is 5.40. The van der Waals surface area contributed by atoms with Crippen LogP contribution >= 0.6 is 22.6 Å². The van der Waals surface area contributed by atoms with E-state index in [1.165, 1.54) is 19.4 Å². The summed E-state index contributed by atoms with van der Waals surface area (Å²) in [6.07, 6.45) is 2.58. The summed E-state index contributed by atoms with van der Waals surface area (Å²) in [5, 5.41) is 3.54. The van der Waals surface area contributed by atoms with Crippen LogP contribution in [0.25, 0.3) is 0 Å². The Kier molecular flexibility index (Phi) is 4.05. The summed E-state index contributed by atoms with van der Waals surface area (Å²) in [5.41, 5.74) is 0. The number of furan rings is 1. The minimum Gasteiger partial charge on any atom is -0.454 e.